The van der Waals surface area contributed by atoms with E-state index in [0.717, 1.165) is 22.5 Å². The van der Waals surface area contributed by atoms with Gasteiger partial charge in [-0.1, -0.05) is 0 Å². The van der Waals surface area contributed by atoms with Crippen molar-refractivity contribution in [3.05, 3.63) is 16.6 Å². The highest BCUT2D eigenvalue weighted by atomic mass is 35.5. The van der Waals surface area contributed by atoms with Gasteiger partial charge in [-0.25, -0.2) is 0 Å². The maximum Gasteiger partial charge on any atom is 0.262 e. The second-order valence-electron chi connectivity index (χ2n) is 5.77. The summed E-state index contributed by atoms with van der Waals surface area (Å²) in [5.41, 5.74) is 0.888. The third-order valence-electron chi connectivity index (χ3n) is 3.74. The number of amides is 2. The van der Waals surface area contributed by atoms with Crippen LogP contribution in [0.3, 0.4) is 0 Å². The minimum atomic E-state index is -0.601. The van der Waals surface area contributed by atoms with Crippen molar-refractivity contribution in [1.82, 2.24) is 25.7 Å². The van der Waals surface area contributed by atoms with Crippen molar-refractivity contribution in [2.45, 2.75) is 19.9 Å². The highest BCUT2D eigenvalue weighted by Crippen LogP contribution is 2.27. The molecule has 2 heterocycles. The summed E-state index contributed by atoms with van der Waals surface area (Å²) >= 11 is 1.37. The lowest BCUT2D eigenvalue weighted by molar-refractivity contribution is -0.122. The lowest BCUT2D eigenvalue weighted by Gasteiger charge is -2.13. The number of rotatable bonds is 9. The Morgan fingerprint density at radius 1 is 1.35 bits per heavy atom. The first-order valence-corrected chi connectivity index (χ1v) is 8.97. The fraction of sp³-hybridized carbons (Fsp3) is 0.562. The number of thiophene rings is 1. The van der Waals surface area contributed by atoms with Crippen LogP contribution in [0.25, 0.3) is 10.2 Å². The second-order valence-corrected chi connectivity index (χ2v) is 6.80. The average Bonchev–Trinajstić information content (AvgIpc) is 3.12. The molecule has 2 rings (SSSR count). The van der Waals surface area contributed by atoms with Crippen molar-refractivity contribution in [2.24, 2.45) is 7.05 Å². The maximum atomic E-state index is 12.4. The number of hydrogen-bond donors (Lipinski definition) is 3. The molecule has 3 N–H and O–H groups in total. The number of carbonyl (C=O) groups is 2. The van der Waals surface area contributed by atoms with E-state index in [1.807, 2.05) is 20.0 Å². The van der Waals surface area contributed by atoms with Gasteiger partial charge in [-0.3, -0.25) is 14.3 Å². The Bertz CT molecular complexity index is 711. The van der Waals surface area contributed by atoms with Crippen LogP contribution in [0, 0.1) is 6.92 Å². The van der Waals surface area contributed by atoms with Gasteiger partial charge in [0.2, 0.25) is 5.91 Å². The first-order valence-electron chi connectivity index (χ1n) is 8.15. The molecule has 146 valence electrons. The molecule has 1 unspecified atom stereocenters. The van der Waals surface area contributed by atoms with Gasteiger partial charge in [0.05, 0.1) is 17.2 Å². The van der Waals surface area contributed by atoms with Gasteiger partial charge in [-0.15, -0.1) is 23.7 Å². The third kappa shape index (κ3) is 5.66. The summed E-state index contributed by atoms with van der Waals surface area (Å²) in [6, 6.07) is 1.22. The van der Waals surface area contributed by atoms with E-state index < -0.39 is 6.04 Å². The number of nitrogens with zero attached hydrogens (tertiary/aromatic N) is 2. The average molecular weight is 404 g/mol. The van der Waals surface area contributed by atoms with Gasteiger partial charge in [0.25, 0.3) is 5.91 Å². The van der Waals surface area contributed by atoms with Gasteiger partial charge in [0.1, 0.15) is 10.9 Å². The molecule has 10 heteroatoms. The molecule has 1 atom stereocenters. The minimum absolute atomic E-state index is 0. The van der Waals surface area contributed by atoms with Gasteiger partial charge in [-0.2, -0.15) is 5.10 Å². The summed E-state index contributed by atoms with van der Waals surface area (Å²) in [5, 5.41) is 13.9. The van der Waals surface area contributed by atoms with Crippen LogP contribution >= 0.6 is 23.7 Å². The Morgan fingerprint density at radius 2 is 2.08 bits per heavy atom. The van der Waals surface area contributed by atoms with E-state index in [0.29, 0.717) is 24.6 Å². The summed E-state index contributed by atoms with van der Waals surface area (Å²) in [7, 11) is 3.49. The van der Waals surface area contributed by atoms with E-state index in [1.54, 1.807) is 18.7 Å². The molecule has 0 aromatic carbocycles. The van der Waals surface area contributed by atoms with Gasteiger partial charge in [0, 0.05) is 39.2 Å². The largest absolute Gasteiger partial charge is 0.383 e. The molecule has 2 aromatic heterocycles. The Balaban J connectivity index is 0.00000338. The SMILES string of the molecule is COCCNCCNC(=O)C(C)NC(=O)c1cc2c(C)nn(C)c2s1.Cl. The number of methoxy groups -OCH3 is 1. The zero-order valence-electron chi connectivity index (χ0n) is 15.4. The Hall–Kier alpha value is -1.68. The summed E-state index contributed by atoms with van der Waals surface area (Å²) < 4.78 is 6.69. The molecule has 8 nitrogen and oxygen atoms in total. The molecule has 2 aromatic rings. The molecule has 0 spiro atoms. The summed E-state index contributed by atoms with van der Waals surface area (Å²) in [4.78, 5) is 25.9. The van der Waals surface area contributed by atoms with E-state index in [2.05, 4.69) is 21.0 Å². The highest BCUT2D eigenvalue weighted by molar-refractivity contribution is 7.20. The molecule has 0 aliphatic rings. The van der Waals surface area contributed by atoms with E-state index >= 15 is 0 Å². The first-order chi connectivity index (χ1) is 11.9. The van der Waals surface area contributed by atoms with Crippen molar-refractivity contribution in [3.63, 3.8) is 0 Å². The van der Waals surface area contributed by atoms with E-state index in [-0.39, 0.29) is 24.2 Å². The molecule has 26 heavy (non-hydrogen) atoms. The smallest absolute Gasteiger partial charge is 0.262 e. The van der Waals surface area contributed by atoms with Crippen LogP contribution < -0.4 is 16.0 Å². The number of ether oxygens (including phenoxy) is 1. The van der Waals surface area contributed by atoms with E-state index in [1.165, 1.54) is 11.3 Å². The van der Waals surface area contributed by atoms with Gasteiger partial charge in [-0.05, 0) is 19.9 Å². The summed E-state index contributed by atoms with van der Waals surface area (Å²) in [6.45, 7) is 6.09. The van der Waals surface area contributed by atoms with Crippen LogP contribution in [0.2, 0.25) is 0 Å². The lowest BCUT2D eigenvalue weighted by atomic mass is 10.2. The number of aryl methyl sites for hydroxylation is 2. The Morgan fingerprint density at radius 3 is 2.73 bits per heavy atom. The third-order valence-corrected chi connectivity index (χ3v) is 4.95. The van der Waals surface area contributed by atoms with Crippen LogP contribution in [0.5, 0.6) is 0 Å². The zero-order valence-corrected chi connectivity index (χ0v) is 17.1. The Labute approximate surface area is 163 Å². The number of nitrogens with one attached hydrogen (secondary N) is 3. The number of hydrogen-bond acceptors (Lipinski definition) is 6. The number of halogens is 1. The number of fused-ring (bicyclic) bond motifs is 1. The summed E-state index contributed by atoms with van der Waals surface area (Å²) in [6.07, 6.45) is 0. The molecule has 2 amide bonds. The predicted molar refractivity (Wildman–Crippen MR) is 105 cm³/mol. The normalized spacial score (nSPS) is 11.8. The van der Waals surface area contributed by atoms with Crippen molar-refractivity contribution in [1.29, 1.82) is 0 Å². The molecule has 0 bridgehead atoms. The minimum Gasteiger partial charge on any atom is -0.383 e. The molecule has 0 fully saturated rings. The van der Waals surface area contributed by atoms with Crippen LogP contribution in [0.4, 0.5) is 0 Å². The van der Waals surface area contributed by atoms with E-state index in [9.17, 15) is 9.59 Å². The van der Waals surface area contributed by atoms with Crippen LogP contribution in [0.15, 0.2) is 6.07 Å². The van der Waals surface area contributed by atoms with Gasteiger partial charge in [0.15, 0.2) is 0 Å². The topological polar surface area (TPSA) is 97.3 Å². The van der Waals surface area contributed by atoms with Gasteiger partial charge < -0.3 is 20.7 Å². The molecule has 0 saturated carbocycles. The number of aromatic nitrogens is 2. The second kappa shape index (κ2) is 10.5. The summed E-state index contributed by atoms with van der Waals surface area (Å²) in [5.74, 6) is -0.456. The standard InChI is InChI=1S/C16H25N5O3S.ClH/c1-10-12-9-13(25-16(12)21(3)20-10)15(23)19-11(2)14(22)18-6-5-17-7-8-24-4;/h9,11,17H,5-8H2,1-4H3,(H,18,22)(H,19,23);1H. The Kier molecular flexibility index (Phi) is 9.00. The van der Waals surface area contributed by atoms with Crippen LogP contribution in [0.1, 0.15) is 22.3 Å². The first kappa shape index (κ1) is 22.4. The molecule has 0 aliphatic carbocycles. The molecule has 0 radical (unpaired) electrons. The van der Waals surface area contributed by atoms with Crippen LogP contribution in [-0.4, -0.2) is 61.0 Å². The van der Waals surface area contributed by atoms with Crippen molar-refractivity contribution >= 4 is 45.8 Å². The predicted octanol–water partition coefficient (Wildman–Crippen LogP) is 0.836. The highest BCUT2D eigenvalue weighted by Gasteiger charge is 2.19. The monoisotopic (exact) mass is 403 g/mol. The van der Waals surface area contributed by atoms with Crippen LogP contribution in [-0.2, 0) is 16.6 Å². The molecular weight excluding hydrogens is 378 g/mol. The fourth-order valence-electron chi connectivity index (χ4n) is 2.38. The zero-order chi connectivity index (χ0) is 18.4. The quantitative estimate of drug-likeness (QED) is 0.539. The molecule has 0 aliphatic heterocycles. The molecular formula is C16H26ClN5O3S. The number of carbonyl (C=O) groups excluding carboxylic acids is 2. The van der Waals surface area contributed by atoms with Gasteiger partial charge >= 0.3 is 0 Å². The van der Waals surface area contributed by atoms with E-state index in [4.69, 9.17) is 4.74 Å². The molecule has 0 saturated heterocycles. The lowest BCUT2D eigenvalue weighted by Crippen LogP contribution is -2.46. The fourth-order valence-corrected chi connectivity index (χ4v) is 3.40. The van der Waals surface area contributed by atoms with Crippen molar-refractivity contribution in [2.75, 3.05) is 33.4 Å². The van der Waals surface area contributed by atoms with Crippen molar-refractivity contribution < 1.29 is 14.3 Å². The maximum absolute atomic E-state index is 12.4. The van der Waals surface area contributed by atoms with Crippen molar-refractivity contribution in [3.8, 4) is 0 Å².